The molecule has 0 aromatic heterocycles. The van der Waals surface area contributed by atoms with E-state index in [4.69, 9.17) is 0 Å². The van der Waals surface area contributed by atoms with E-state index < -0.39 is 6.04 Å². The molecule has 26 heavy (non-hydrogen) atoms. The first-order chi connectivity index (χ1) is 12.6. The number of imide groups is 1. The van der Waals surface area contributed by atoms with Crippen LogP contribution in [0.4, 0.5) is 0 Å². The van der Waals surface area contributed by atoms with Crippen LogP contribution in [0.15, 0.2) is 18.2 Å². The summed E-state index contributed by atoms with van der Waals surface area (Å²) in [5, 5.41) is 5.85. The van der Waals surface area contributed by atoms with Gasteiger partial charge in [0.05, 0.1) is 0 Å². The summed E-state index contributed by atoms with van der Waals surface area (Å²) < 4.78 is 0. The number of benzene rings is 1. The monoisotopic (exact) mass is 354 g/mol. The Morgan fingerprint density at radius 1 is 1.19 bits per heavy atom. The maximum Gasteiger partial charge on any atom is 0.255 e. The topological polar surface area (TPSA) is 81.8 Å². The molecule has 5 rings (SSSR count). The van der Waals surface area contributed by atoms with Crippen molar-refractivity contribution in [3.8, 4) is 0 Å². The second-order valence-corrected chi connectivity index (χ2v) is 7.73. The van der Waals surface area contributed by atoms with Crippen LogP contribution in [0.2, 0.25) is 0 Å². The zero-order valence-corrected chi connectivity index (χ0v) is 14.5. The van der Waals surface area contributed by atoms with Crippen molar-refractivity contribution in [2.45, 2.75) is 50.5 Å². The van der Waals surface area contributed by atoms with E-state index in [0.717, 1.165) is 30.8 Å². The number of rotatable bonds is 3. The van der Waals surface area contributed by atoms with Gasteiger partial charge in [-0.2, -0.15) is 0 Å². The predicted octanol–water partition coefficient (Wildman–Crippen LogP) is -0.00630. The molecule has 0 spiro atoms. The van der Waals surface area contributed by atoms with Crippen molar-refractivity contribution in [3.63, 3.8) is 0 Å². The summed E-state index contributed by atoms with van der Waals surface area (Å²) >= 11 is 0. The first-order valence-corrected chi connectivity index (χ1v) is 9.34. The molecule has 136 valence electrons. The maximum absolute atomic E-state index is 12.9. The van der Waals surface area contributed by atoms with Crippen molar-refractivity contribution in [2.24, 2.45) is 0 Å². The van der Waals surface area contributed by atoms with Gasteiger partial charge >= 0.3 is 0 Å². The molecule has 3 amide bonds. The second-order valence-electron chi connectivity index (χ2n) is 7.73. The van der Waals surface area contributed by atoms with E-state index in [1.807, 2.05) is 12.1 Å². The average Bonchev–Trinajstić information content (AvgIpc) is 3.35. The molecular weight excluding hydrogens is 332 g/mol. The van der Waals surface area contributed by atoms with E-state index in [1.54, 1.807) is 4.90 Å². The van der Waals surface area contributed by atoms with E-state index in [9.17, 15) is 14.4 Å². The van der Waals surface area contributed by atoms with Crippen LogP contribution in [0.5, 0.6) is 0 Å². The zero-order chi connectivity index (χ0) is 17.8. The Morgan fingerprint density at radius 2 is 2.08 bits per heavy atom. The molecular formula is C19H22N4O3. The molecule has 7 nitrogen and oxygen atoms in total. The van der Waals surface area contributed by atoms with Gasteiger partial charge in [0, 0.05) is 50.2 Å². The fourth-order valence-corrected chi connectivity index (χ4v) is 4.49. The number of amides is 3. The molecule has 1 aliphatic carbocycles. The number of fused-ring (bicyclic) bond motifs is 2. The van der Waals surface area contributed by atoms with Crippen LogP contribution in [0.3, 0.4) is 0 Å². The lowest BCUT2D eigenvalue weighted by Crippen LogP contribution is -2.52. The summed E-state index contributed by atoms with van der Waals surface area (Å²) in [6.45, 7) is 3.36. The highest BCUT2D eigenvalue weighted by molar-refractivity contribution is 6.05. The van der Waals surface area contributed by atoms with Gasteiger partial charge in [0.25, 0.3) is 5.91 Å². The summed E-state index contributed by atoms with van der Waals surface area (Å²) in [4.78, 5) is 40.4. The molecule has 1 saturated carbocycles. The number of hydrogen-bond donors (Lipinski definition) is 2. The predicted molar refractivity (Wildman–Crippen MR) is 93.1 cm³/mol. The summed E-state index contributed by atoms with van der Waals surface area (Å²) in [6.07, 6.45) is 1.90. The molecule has 3 atom stereocenters. The maximum atomic E-state index is 12.9. The molecule has 3 heterocycles. The van der Waals surface area contributed by atoms with E-state index in [0.29, 0.717) is 30.6 Å². The van der Waals surface area contributed by atoms with Crippen molar-refractivity contribution in [1.82, 2.24) is 20.4 Å². The summed E-state index contributed by atoms with van der Waals surface area (Å²) in [5.41, 5.74) is 2.82. The fraction of sp³-hybridized carbons (Fsp3) is 0.526. The number of piperidine rings is 1. The van der Waals surface area contributed by atoms with Crippen molar-refractivity contribution in [3.05, 3.63) is 34.9 Å². The number of nitrogens with one attached hydrogen (secondary N) is 2. The highest BCUT2D eigenvalue weighted by atomic mass is 16.2. The second kappa shape index (κ2) is 5.89. The van der Waals surface area contributed by atoms with E-state index in [-0.39, 0.29) is 24.1 Å². The Bertz CT molecular complexity index is 808. The zero-order valence-electron chi connectivity index (χ0n) is 14.5. The Labute approximate surface area is 151 Å². The third-order valence-corrected chi connectivity index (χ3v) is 6.01. The highest BCUT2D eigenvalue weighted by Crippen LogP contribution is 2.33. The Hall–Kier alpha value is -2.25. The van der Waals surface area contributed by atoms with Crippen molar-refractivity contribution < 1.29 is 14.4 Å². The van der Waals surface area contributed by atoms with Gasteiger partial charge < -0.3 is 10.2 Å². The van der Waals surface area contributed by atoms with Crippen molar-refractivity contribution in [1.29, 1.82) is 0 Å². The Balaban J connectivity index is 1.33. The number of hydrogen-bond acceptors (Lipinski definition) is 5. The van der Waals surface area contributed by atoms with Gasteiger partial charge in [-0.1, -0.05) is 12.1 Å². The Kier molecular flexibility index (Phi) is 3.62. The lowest BCUT2D eigenvalue weighted by atomic mass is 10.0. The number of carbonyl (C=O) groups excluding carboxylic acids is 3. The van der Waals surface area contributed by atoms with Gasteiger partial charge in [-0.3, -0.25) is 24.6 Å². The van der Waals surface area contributed by atoms with Crippen molar-refractivity contribution >= 4 is 17.7 Å². The number of carbonyl (C=O) groups is 3. The molecule has 0 radical (unpaired) electrons. The minimum absolute atomic E-state index is 0.0963. The number of piperazine rings is 1. The Morgan fingerprint density at radius 3 is 2.92 bits per heavy atom. The smallest absolute Gasteiger partial charge is 0.255 e. The van der Waals surface area contributed by atoms with Gasteiger partial charge in [-0.05, 0) is 30.0 Å². The first kappa shape index (κ1) is 16.0. The third kappa shape index (κ3) is 2.62. The SMILES string of the molecule is O=C1CCC(N2Cc3ccc(CN4CCNC5CC54)cc3C2=O)C(=O)N1. The minimum Gasteiger partial charge on any atom is -0.322 e. The van der Waals surface area contributed by atoms with Crippen LogP contribution in [0.25, 0.3) is 0 Å². The van der Waals surface area contributed by atoms with E-state index in [2.05, 4.69) is 21.6 Å². The molecule has 3 unspecified atom stereocenters. The highest BCUT2D eigenvalue weighted by Gasteiger charge is 2.44. The third-order valence-electron chi connectivity index (χ3n) is 6.01. The summed E-state index contributed by atoms with van der Waals surface area (Å²) in [6, 6.07) is 6.83. The normalized spacial score (nSPS) is 30.8. The lowest BCUT2D eigenvalue weighted by Gasteiger charge is -2.29. The van der Waals surface area contributed by atoms with Crippen LogP contribution in [0, 0.1) is 0 Å². The van der Waals surface area contributed by atoms with Gasteiger partial charge in [0.1, 0.15) is 6.04 Å². The average molecular weight is 354 g/mol. The van der Waals surface area contributed by atoms with Gasteiger partial charge in [0.2, 0.25) is 11.8 Å². The fourth-order valence-electron chi connectivity index (χ4n) is 4.49. The van der Waals surface area contributed by atoms with E-state index >= 15 is 0 Å². The van der Waals surface area contributed by atoms with Gasteiger partial charge in [-0.25, -0.2) is 0 Å². The molecule has 2 saturated heterocycles. The summed E-state index contributed by atoms with van der Waals surface area (Å²) in [7, 11) is 0. The molecule has 1 aromatic carbocycles. The van der Waals surface area contributed by atoms with Crippen LogP contribution >= 0.6 is 0 Å². The lowest BCUT2D eigenvalue weighted by molar-refractivity contribution is -0.136. The quantitative estimate of drug-likeness (QED) is 0.747. The van der Waals surface area contributed by atoms with Crippen LogP contribution < -0.4 is 10.6 Å². The summed E-state index contributed by atoms with van der Waals surface area (Å²) in [5.74, 6) is -0.712. The molecule has 4 aliphatic rings. The van der Waals surface area contributed by atoms with Crippen LogP contribution in [0.1, 0.15) is 40.7 Å². The molecule has 3 aliphatic heterocycles. The standard InChI is InChI=1S/C19H22N4O3/c24-17-4-3-15(18(25)21-17)23-10-12-2-1-11(7-13(12)19(23)26)9-22-6-5-20-14-8-16(14)22/h1-2,7,14-16,20H,3-6,8-10H2,(H,21,24,25). The molecule has 0 bridgehead atoms. The van der Waals surface area contributed by atoms with Crippen molar-refractivity contribution in [2.75, 3.05) is 13.1 Å². The minimum atomic E-state index is -0.545. The van der Waals surface area contributed by atoms with Gasteiger partial charge in [0.15, 0.2) is 0 Å². The number of nitrogens with zero attached hydrogens (tertiary/aromatic N) is 2. The van der Waals surface area contributed by atoms with Gasteiger partial charge in [-0.15, -0.1) is 0 Å². The molecule has 1 aromatic rings. The van der Waals surface area contributed by atoms with Crippen LogP contribution in [-0.4, -0.2) is 58.7 Å². The van der Waals surface area contributed by atoms with E-state index in [1.165, 1.54) is 6.42 Å². The molecule has 3 fully saturated rings. The largest absolute Gasteiger partial charge is 0.322 e. The molecule has 7 heteroatoms. The first-order valence-electron chi connectivity index (χ1n) is 9.34. The molecule has 2 N–H and O–H groups in total. The van der Waals surface area contributed by atoms with Crippen LogP contribution in [-0.2, 0) is 22.7 Å².